The molecule has 3 N–H and O–H groups in total. The van der Waals surface area contributed by atoms with E-state index in [2.05, 4.69) is 15.4 Å². The predicted octanol–water partition coefficient (Wildman–Crippen LogP) is 2.85. The molecule has 0 radical (unpaired) electrons. The summed E-state index contributed by atoms with van der Waals surface area (Å²) in [5, 5.41) is 5.33. The van der Waals surface area contributed by atoms with Crippen LogP contribution < -0.4 is 15.4 Å². The van der Waals surface area contributed by atoms with Gasteiger partial charge in [0.15, 0.2) is 0 Å². The fourth-order valence-electron chi connectivity index (χ4n) is 2.53. The van der Waals surface area contributed by atoms with E-state index < -0.39 is 27.5 Å². The highest BCUT2D eigenvalue weighted by molar-refractivity contribution is 7.89. The van der Waals surface area contributed by atoms with Gasteiger partial charge >= 0.3 is 0 Å². The molecule has 1 atom stereocenters. The maximum Gasteiger partial charge on any atom is 0.251 e. The molecular formula is C21H26ClN3O4S. The van der Waals surface area contributed by atoms with Gasteiger partial charge in [-0.15, -0.1) is 0 Å². The van der Waals surface area contributed by atoms with Crippen LogP contribution in [0.15, 0.2) is 53.4 Å². The van der Waals surface area contributed by atoms with Crippen LogP contribution >= 0.6 is 11.6 Å². The molecule has 2 aromatic carbocycles. The molecule has 2 aromatic rings. The first-order valence-electron chi connectivity index (χ1n) is 9.35. The third kappa shape index (κ3) is 6.83. The topological polar surface area (TPSA) is 104 Å². The van der Waals surface area contributed by atoms with Crippen molar-refractivity contribution in [3.63, 3.8) is 0 Å². The van der Waals surface area contributed by atoms with E-state index in [-0.39, 0.29) is 27.9 Å². The third-order valence-electron chi connectivity index (χ3n) is 4.03. The Bertz CT molecular complexity index is 1020. The summed E-state index contributed by atoms with van der Waals surface area (Å²) in [7, 11) is -3.96. The van der Waals surface area contributed by atoms with Crippen LogP contribution in [0.4, 0.5) is 0 Å². The lowest BCUT2D eigenvalue weighted by Gasteiger charge is -2.23. The number of carbonyl (C=O) groups is 2. The molecule has 0 aliphatic heterocycles. The molecule has 0 saturated carbocycles. The summed E-state index contributed by atoms with van der Waals surface area (Å²) in [6, 6.07) is 12.2. The van der Waals surface area contributed by atoms with E-state index in [1.165, 1.54) is 18.2 Å². The summed E-state index contributed by atoms with van der Waals surface area (Å²) in [6.07, 6.45) is 0. The van der Waals surface area contributed by atoms with E-state index in [9.17, 15) is 18.0 Å². The molecule has 0 saturated heterocycles. The van der Waals surface area contributed by atoms with Gasteiger partial charge in [-0.25, -0.2) is 13.1 Å². The smallest absolute Gasteiger partial charge is 0.251 e. The molecule has 0 aromatic heterocycles. The van der Waals surface area contributed by atoms with Gasteiger partial charge in [0.25, 0.3) is 5.91 Å². The number of nitrogens with one attached hydrogen (secondary N) is 3. The highest BCUT2D eigenvalue weighted by Crippen LogP contribution is 2.23. The van der Waals surface area contributed by atoms with Crippen LogP contribution in [-0.2, 0) is 21.4 Å². The van der Waals surface area contributed by atoms with Crippen molar-refractivity contribution < 1.29 is 18.0 Å². The molecule has 0 heterocycles. The Kier molecular flexibility index (Phi) is 7.63. The van der Waals surface area contributed by atoms with E-state index in [1.54, 1.807) is 31.2 Å². The first-order chi connectivity index (χ1) is 13.9. The van der Waals surface area contributed by atoms with Crippen molar-refractivity contribution in [2.75, 3.05) is 0 Å². The first-order valence-corrected chi connectivity index (χ1v) is 11.2. The van der Waals surface area contributed by atoms with Gasteiger partial charge in [0.2, 0.25) is 15.9 Å². The summed E-state index contributed by atoms with van der Waals surface area (Å²) in [5.74, 6) is -0.926. The molecule has 7 nitrogen and oxygen atoms in total. The zero-order chi connectivity index (χ0) is 22.5. The molecule has 0 spiro atoms. The summed E-state index contributed by atoms with van der Waals surface area (Å²) in [5.41, 5.74) is 0.418. The van der Waals surface area contributed by atoms with Crippen LogP contribution in [-0.4, -0.2) is 31.8 Å². The molecular weight excluding hydrogens is 426 g/mol. The van der Waals surface area contributed by atoms with E-state index in [0.29, 0.717) is 0 Å². The third-order valence-corrected chi connectivity index (χ3v) is 5.91. The quantitative estimate of drug-likeness (QED) is 0.602. The van der Waals surface area contributed by atoms with Gasteiger partial charge in [0.1, 0.15) is 10.9 Å². The fourth-order valence-corrected chi connectivity index (χ4v) is 4.07. The Labute approximate surface area is 182 Å². The summed E-state index contributed by atoms with van der Waals surface area (Å²) >= 11 is 6.08. The minimum Gasteiger partial charge on any atom is -0.350 e. The zero-order valence-electron chi connectivity index (χ0n) is 17.3. The normalized spacial score (nSPS) is 12.8. The van der Waals surface area contributed by atoms with Crippen LogP contribution in [0.3, 0.4) is 0 Å². The highest BCUT2D eigenvalue weighted by Gasteiger charge is 2.23. The Morgan fingerprint density at radius 2 is 1.70 bits per heavy atom. The van der Waals surface area contributed by atoms with Crippen LogP contribution in [0.25, 0.3) is 0 Å². The number of rotatable bonds is 7. The van der Waals surface area contributed by atoms with E-state index in [1.807, 2.05) is 26.8 Å². The molecule has 2 rings (SSSR count). The SMILES string of the molecule is CC(NC(=O)c1ccc(Cl)c(S(=O)(=O)NCc2ccccc2)c1)C(=O)NC(C)(C)C. The second kappa shape index (κ2) is 9.59. The Morgan fingerprint density at radius 3 is 2.30 bits per heavy atom. The first kappa shape index (κ1) is 23.9. The molecule has 162 valence electrons. The van der Waals surface area contributed by atoms with Gasteiger partial charge in [0, 0.05) is 17.6 Å². The van der Waals surface area contributed by atoms with Crippen molar-refractivity contribution in [3.8, 4) is 0 Å². The maximum atomic E-state index is 12.7. The Hall–Kier alpha value is -2.42. The fraction of sp³-hybridized carbons (Fsp3) is 0.333. The van der Waals surface area contributed by atoms with Crippen LogP contribution in [0, 0.1) is 0 Å². The molecule has 0 bridgehead atoms. The van der Waals surface area contributed by atoms with Gasteiger partial charge in [-0.2, -0.15) is 0 Å². The van der Waals surface area contributed by atoms with Crippen LogP contribution in [0.2, 0.25) is 5.02 Å². The van der Waals surface area contributed by atoms with Crippen molar-refractivity contribution in [1.29, 1.82) is 0 Å². The average Bonchev–Trinajstić information content (AvgIpc) is 2.66. The van der Waals surface area contributed by atoms with E-state index in [0.717, 1.165) is 5.56 Å². The molecule has 9 heteroatoms. The van der Waals surface area contributed by atoms with Crippen molar-refractivity contribution in [2.45, 2.75) is 50.7 Å². The van der Waals surface area contributed by atoms with Crippen molar-refractivity contribution in [2.24, 2.45) is 0 Å². The number of halogens is 1. The largest absolute Gasteiger partial charge is 0.350 e. The zero-order valence-corrected chi connectivity index (χ0v) is 18.9. The molecule has 0 aliphatic carbocycles. The minimum atomic E-state index is -3.96. The van der Waals surface area contributed by atoms with Gasteiger partial charge < -0.3 is 10.6 Å². The van der Waals surface area contributed by atoms with Crippen LogP contribution in [0.5, 0.6) is 0 Å². The predicted molar refractivity (Wildman–Crippen MR) is 117 cm³/mol. The number of amides is 2. The van der Waals surface area contributed by atoms with E-state index in [4.69, 9.17) is 11.6 Å². The van der Waals surface area contributed by atoms with Crippen molar-refractivity contribution in [3.05, 3.63) is 64.7 Å². The summed E-state index contributed by atoms with van der Waals surface area (Å²) in [4.78, 5) is 24.5. The lowest BCUT2D eigenvalue weighted by molar-refractivity contribution is -0.124. The Balaban J connectivity index is 2.15. The van der Waals surface area contributed by atoms with Crippen molar-refractivity contribution >= 4 is 33.4 Å². The monoisotopic (exact) mass is 451 g/mol. The molecule has 0 aliphatic rings. The number of hydrogen-bond acceptors (Lipinski definition) is 4. The number of benzene rings is 2. The van der Waals surface area contributed by atoms with Gasteiger partial charge in [-0.05, 0) is 51.5 Å². The van der Waals surface area contributed by atoms with Crippen LogP contribution in [0.1, 0.15) is 43.6 Å². The number of hydrogen-bond donors (Lipinski definition) is 3. The molecule has 30 heavy (non-hydrogen) atoms. The Morgan fingerprint density at radius 1 is 1.07 bits per heavy atom. The molecule has 1 unspecified atom stereocenters. The molecule has 0 fully saturated rings. The summed E-state index contributed by atoms with van der Waals surface area (Å²) in [6.45, 7) is 7.13. The standard InChI is InChI=1S/C21H26ClN3O4S/c1-14(19(26)25-21(2,3)4)24-20(27)16-10-11-17(22)18(12-16)30(28,29)23-13-15-8-6-5-7-9-15/h5-12,14,23H,13H2,1-4H3,(H,24,27)(H,25,26). The lowest BCUT2D eigenvalue weighted by atomic mass is 10.1. The highest BCUT2D eigenvalue weighted by atomic mass is 35.5. The second-order valence-electron chi connectivity index (χ2n) is 7.89. The number of carbonyl (C=O) groups excluding carboxylic acids is 2. The van der Waals surface area contributed by atoms with Gasteiger partial charge in [-0.1, -0.05) is 41.9 Å². The minimum absolute atomic E-state index is 0.00867. The summed E-state index contributed by atoms with van der Waals surface area (Å²) < 4.78 is 27.9. The second-order valence-corrected chi connectivity index (χ2v) is 10.0. The van der Waals surface area contributed by atoms with E-state index >= 15 is 0 Å². The lowest BCUT2D eigenvalue weighted by Crippen LogP contribution is -2.50. The average molecular weight is 452 g/mol. The van der Waals surface area contributed by atoms with Gasteiger partial charge in [0.05, 0.1) is 5.02 Å². The molecule has 2 amide bonds. The van der Waals surface area contributed by atoms with Gasteiger partial charge in [-0.3, -0.25) is 9.59 Å². The van der Waals surface area contributed by atoms with Crippen molar-refractivity contribution in [1.82, 2.24) is 15.4 Å². The maximum absolute atomic E-state index is 12.7. The number of sulfonamides is 1.